The first-order valence-electron chi connectivity index (χ1n) is 5.97. The molecule has 0 aliphatic heterocycles. The van der Waals surface area contributed by atoms with Crippen LogP contribution >= 0.6 is 0 Å². The monoisotopic (exact) mass is 318 g/mol. The third kappa shape index (κ3) is 3.13. The molecule has 116 valence electrons. The van der Waals surface area contributed by atoms with E-state index in [2.05, 4.69) is 0 Å². The summed E-state index contributed by atoms with van der Waals surface area (Å²) in [5.41, 5.74) is -3.10. The average Bonchev–Trinajstić information content (AvgIpc) is 2.44. The summed E-state index contributed by atoms with van der Waals surface area (Å²) in [4.78, 5) is 11.0. The molecule has 0 bridgehead atoms. The zero-order valence-electron chi connectivity index (χ0n) is 10.8. The van der Waals surface area contributed by atoms with E-state index in [-0.39, 0.29) is 17.4 Å². The molecule has 0 spiro atoms. The van der Waals surface area contributed by atoms with Gasteiger partial charge in [-0.15, -0.1) is 0 Å². The maximum Gasteiger partial charge on any atom is 0.417 e. The lowest BCUT2D eigenvalue weighted by Crippen LogP contribution is -2.09. The van der Waals surface area contributed by atoms with Crippen molar-refractivity contribution in [1.29, 1.82) is 0 Å². The lowest BCUT2D eigenvalue weighted by atomic mass is 9.94. The van der Waals surface area contributed by atoms with Gasteiger partial charge in [0.15, 0.2) is 6.29 Å². The van der Waals surface area contributed by atoms with Crippen molar-refractivity contribution in [3.8, 4) is 11.1 Å². The summed E-state index contributed by atoms with van der Waals surface area (Å²) in [6.45, 7) is 0. The number of rotatable bonds is 2. The predicted molar refractivity (Wildman–Crippen MR) is 67.3 cm³/mol. The molecular weight excluding hydrogens is 310 g/mol. The smallest absolute Gasteiger partial charge is 0.298 e. The van der Waals surface area contributed by atoms with Crippen LogP contribution in [0, 0.1) is 0 Å². The van der Waals surface area contributed by atoms with E-state index in [0.29, 0.717) is 12.1 Å². The topological polar surface area (TPSA) is 17.1 Å². The number of alkyl halides is 6. The molecule has 0 aliphatic rings. The first-order chi connectivity index (χ1) is 10.1. The molecule has 22 heavy (non-hydrogen) atoms. The largest absolute Gasteiger partial charge is 0.417 e. The van der Waals surface area contributed by atoms with Crippen LogP contribution < -0.4 is 0 Å². The molecule has 2 aromatic rings. The summed E-state index contributed by atoms with van der Waals surface area (Å²) >= 11 is 0. The zero-order valence-corrected chi connectivity index (χ0v) is 10.8. The minimum Gasteiger partial charge on any atom is -0.298 e. The third-order valence-electron chi connectivity index (χ3n) is 3.03. The minimum atomic E-state index is -4.68. The van der Waals surface area contributed by atoms with E-state index in [1.54, 1.807) is 0 Å². The highest BCUT2D eigenvalue weighted by molar-refractivity contribution is 5.89. The Morgan fingerprint density at radius 3 is 1.95 bits per heavy atom. The average molecular weight is 318 g/mol. The van der Waals surface area contributed by atoms with Crippen LogP contribution in [0.15, 0.2) is 42.5 Å². The SMILES string of the molecule is O=Cc1cc(C(F)(F)F)ccc1-c1ccccc1C(F)(F)F. The summed E-state index contributed by atoms with van der Waals surface area (Å²) < 4.78 is 76.7. The Bertz CT molecular complexity index is 700. The van der Waals surface area contributed by atoms with Gasteiger partial charge < -0.3 is 0 Å². The number of aldehydes is 1. The lowest BCUT2D eigenvalue weighted by Gasteiger charge is -2.15. The predicted octanol–water partition coefficient (Wildman–Crippen LogP) is 5.20. The Kier molecular flexibility index (Phi) is 4.00. The summed E-state index contributed by atoms with van der Waals surface area (Å²) in [7, 11) is 0. The van der Waals surface area contributed by atoms with Crippen LogP contribution in [0.3, 0.4) is 0 Å². The molecule has 0 heterocycles. The van der Waals surface area contributed by atoms with Gasteiger partial charge in [0.25, 0.3) is 0 Å². The van der Waals surface area contributed by atoms with Gasteiger partial charge in [0.2, 0.25) is 0 Å². The molecule has 0 fully saturated rings. The molecule has 0 saturated carbocycles. The highest BCUT2D eigenvalue weighted by Crippen LogP contribution is 2.39. The van der Waals surface area contributed by atoms with E-state index in [4.69, 9.17) is 0 Å². The molecule has 0 aromatic heterocycles. The van der Waals surface area contributed by atoms with Gasteiger partial charge in [-0.1, -0.05) is 24.3 Å². The summed E-state index contributed by atoms with van der Waals surface area (Å²) in [6, 6.07) is 6.45. The second-order valence-corrected chi connectivity index (χ2v) is 4.46. The molecule has 0 unspecified atom stereocenters. The summed E-state index contributed by atoms with van der Waals surface area (Å²) in [5, 5.41) is 0. The van der Waals surface area contributed by atoms with Gasteiger partial charge in [0.1, 0.15) is 0 Å². The second-order valence-electron chi connectivity index (χ2n) is 4.46. The van der Waals surface area contributed by atoms with Gasteiger partial charge in [0, 0.05) is 5.56 Å². The van der Waals surface area contributed by atoms with Crippen molar-refractivity contribution in [2.75, 3.05) is 0 Å². The van der Waals surface area contributed by atoms with Gasteiger partial charge in [-0.3, -0.25) is 4.79 Å². The van der Waals surface area contributed by atoms with Crippen molar-refractivity contribution in [3.05, 3.63) is 59.2 Å². The maximum absolute atomic E-state index is 13.0. The fraction of sp³-hybridized carbons (Fsp3) is 0.133. The molecule has 7 heteroatoms. The molecule has 2 rings (SSSR count). The van der Waals surface area contributed by atoms with Crippen LogP contribution in [0.2, 0.25) is 0 Å². The lowest BCUT2D eigenvalue weighted by molar-refractivity contribution is -0.138. The van der Waals surface area contributed by atoms with E-state index in [0.717, 1.165) is 24.3 Å². The standard InChI is InChI=1S/C15H8F6O/c16-14(17,18)10-5-6-11(9(7-10)8-22)12-3-1-2-4-13(12)15(19,20)21/h1-8H. The van der Waals surface area contributed by atoms with Crippen molar-refractivity contribution in [2.24, 2.45) is 0 Å². The third-order valence-corrected chi connectivity index (χ3v) is 3.03. The Balaban J connectivity index is 2.67. The minimum absolute atomic E-state index is 0.109. The Morgan fingerprint density at radius 2 is 1.41 bits per heavy atom. The van der Waals surface area contributed by atoms with E-state index < -0.39 is 29.0 Å². The van der Waals surface area contributed by atoms with Crippen molar-refractivity contribution in [2.45, 2.75) is 12.4 Å². The van der Waals surface area contributed by atoms with E-state index in [1.165, 1.54) is 6.07 Å². The molecule has 0 saturated heterocycles. The van der Waals surface area contributed by atoms with E-state index in [1.807, 2.05) is 0 Å². The van der Waals surface area contributed by atoms with Crippen molar-refractivity contribution in [3.63, 3.8) is 0 Å². The highest BCUT2D eigenvalue weighted by atomic mass is 19.4. The Labute approximate surface area is 121 Å². The van der Waals surface area contributed by atoms with Gasteiger partial charge >= 0.3 is 12.4 Å². The van der Waals surface area contributed by atoms with Gasteiger partial charge in [-0.05, 0) is 29.3 Å². The van der Waals surface area contributed by atoms with Crippen LogP contribution in [0.4, 0.5) is 26.3 Å². The number of benzene rings is 2. The van der Waals surface area contributed by atoms with Crippen molar-refractivity contribution >= 4 is 6.29 Å². The number of halogens is 6. The van der Waals surface area contributed by atoms with Crippen molar-refractivity contribution in [1.82, 2.24) is 0 Å². The van der Waals surface area contributed by atoms with E-state index >= 15 is 0 Å². The number of hydrogen-bond donors (Lipinski definition) is 0. The fourth-order valence-electron chi connectivity index (χ4n) is 2.05. The highest BCUT2D eigenvalue weighted by Gasteiger charge is 2.35. The van der Waals surface area contributed by atoms with Crippen LogP contribution in [-0.2, 0) is 12.4 Å². The molecule has 0 radical (unpaired) electrons. The summed E-state index contributed by atoms with van der Waals surface area (Å²) in [5.74, 6) is 0. The van der Waals surface area contributed by atoms with Gasteiger partial charge in [-0.2, -0.15) is 26.3 Å². The zero-order chi connectivity index (χ0) is 16.5. The first kappa shape index (κ1) is 16.1. The van der Waals surface area contributed by atoms with Crippen LogP contribution in [0.25, 0.3) is 11.1 Å². The molecule has 0 aliphatic carbocycles. The summed E-state index contributed by atoms with van der Waals surface area (Å²) in [6.07, 6.45) is -9.25. The van der Waals surface area contributed by atoms with Crippen LogP contribution in [0.1, 0.15) is 21.5 Å². The molecule has 2 aromatic carbocycles. The molecule has 0 amide bonds. The second kappa shape index (κ2) is 5.47. The molecule has 0 N–H and O–H groups in total. The van der Waals surface area contributed by atoms with Crippen LogP contribution in [-0.4, -0.2) is 6.29 Å². The van der Waals surface area contributed by atoms with Gasteiger partial charge in [0.05, 0.1) is 11.1 Å². The van der Waals surface area contributed by atoms with Crippen molar-refractivity contribution < 1.29 is 31.1 Å². The molecular formula is C15H8F6O. The number of carbonyl (C=O) groups is 1. The Morgan fingerprint density at radius 1 is 0.773 bits per heavy atom. The van der Waals surface area contributed by atoms with Crippen LogP contribution in [0.5, 0.6) is 0 Å². The molecule has 0 atom stereocenters. The molecule has 1 nitrogen and oxygen atoms in total. The van der Waals surface area contributed by atoms with Gasteiger partial charge in [-0.25, -0.2) is 0 Å². The maximum atomic E-state index is 13.0. The first-order valence-corrected chi connectivity index (χ1v) is 5.97. The number of hydrogen-bond acceptors (Lipinski definition) is 1. The number of carbonyl (C=O) groups excluding carboxylic acids is 1. The normalized spacial score (nSPS) is 12.3. The Hall–Kier alpha value is -2.31. The van der Waals surface area contributed by atoms with E-state index in [9.17, 15) is 31.1 Å². The fourth-order valence-corrected chi connectivity index (χ4v) is 2.05. The quantitative estimate of drug-likeness (QED) is 0.549.